The minimum absolute atomic E-state index is 0.0528. The van der Waals surface area contributed by atoms with Crippen molar-refractivity contribution in [2.75, 3.05) is 24.5 Å². The van der Waals surface area contributed by atoms with Crippen LogP contribution in [0.1, 0.15) is 35.7 Å². The molecule has 7 heteroatoms. The van der Waals surface area contributed by atoms with E-state index in [2.05, 4.69) is 10.1 Å². The number of amides is 2. The van der Waals surface area contributed by atoms with Crippen molar-refractivity contribution in [3.8, 4) is 0 Å². The van der Waals surface area contributed by atoms with Crippen molar-refractivity contribution in [3.05, 3.63) is 48.4 Å². The van der Waals surface area contributed by atoms with E-state index in [0.29, 0.717) is 19.5 Å². The summed E-state index contributed by atoms with van der Waals surface area (Å²) in [6.07, 6.45) is 7.87. The Bertz CT molecular complexity index is 1020. The van der Waals surface area contributed by atoms with Gasteiger partial charge < -0.3 is 14.8 Å². The van der Waals surface area contributed by atoms with E-state index in [1.165, 1.54) is 0 Å². The summed E-state index contributed by atoms with van der Waals surface area (Å²) in [5, 5.41) is 5.42. The summed E-state index contributed by atoms with van der Waals surface area (Å²) in [4.78, 5) is 31.8. The number of rotatable bonds is 3. The van der Waals surface area contributed by atoms with Gasteiger partial charge >= 0.3 is 0 Å². The Morgan fingerprint density at radius 1 is 1.22 bits per heavy atom. The Balaban J connectivity index is 1.32. The van der Waals surface area contributed by atoms with Crippen LogP contribution in [0.5, 0.6) is 0 Å². The van der Waals surface area contributed by atoms with Gasteiger partial charge in [0.2, 0.25) is 5.91 Å². The second-order valence-corrected chi connectivity index (χ2v) is 7.27. The fraction of sp³-hybridized carbons (Fsp3) is 0.350. The largest absolute Gasteiger partial charge is 0.360 e. The lowest BCUT2D eigenvalue weighted by atomic mass is 10.1. The number of nitrogens with one attached hydrogen (secondary N) is 1. The minimum atomic E-state index is 0.0528. The molecular weight excluding hydrogens is 342 g/mol. The number of aromatic nitrogens is 3. The first kappa shape index (κ1) is 16.1. The number of para-hydroxylation sites is 1. The van der Waals surface area contributed by atoms with Gasteiger partial charge in [0, 0.05) is 49.4 Å². The maximum atomic E-state index is 13.0. The summed E-state index contributed by atoms with van der Waals surface area (Å²) in [5.74, 6) is 0.217. The Morgan fingerprint density at radius 3 is 2.96 bits per heavy atom. The van der Waals surface area contributed by atoms with Gasteiger partial charge in [-0.15, -0.1) is 0 Å². The van der Waals surface area contributed by atoms with Crippen molar-refractivity contribution in [2.45, 2.75) is 25.3 Å². The van der Waals surface area contributed by atoms with Crippen LogP contribution in [0, 0.1) is 0 Å². The number of carbonyl (C=O) groups is 2. The molecule has 3 aromatic rings. The van der Waals surface area contributed by atoms with E-state index in [-0.39, 0.29) is 17.9 Å². The molecule has 2 saturated heterocycles. The molecule has 1 unspecified atom stereocenters. The Morgan fingerprint density at radius 2 is 2.11 bits per heavy atom. The molecule has 0 aliphatic carbocycles. The van der Waals surface area contributed by atoms with Crippen LogP contribution in [0.25, 0.3) is 10.9 Å². The van der Waals surface area contributed by atoms with Crippen LogP contribution in [-0.4, -0.2) is 51.1 Å². The summed E-state index contributed by atoms with van der Waals surface area (Å²) in [6.45, 7) is 2.11. The normalized spacial score (nSPS) is 20.1. The second-order valence-electron chi connectivity index (χ2n) is 7.27. The molecule has 1 atom stereocenters. The van der Waals surface area contributed by atoms with Gasteiger partial charge in [0.15, 0.2) is 0 Å². The third-order valence-electron chi connectivity index (χ3n) is 5.62. The van der Waals surface area contributed by atoms with E-state index in [1.807, 2.05) is 40.0 Å². The molecule has 138 valence electrons. The van der Waals surface area contributed by atoms with Crippen LogP contribution in [-0.2, 0) is 4.79 Å². The van der Waals surface area contributed by atoms with Crippen LogP contribution in [0.15, 0.2) is 42.9 Å². The van der Waals surface area contributed by atoms with E-state index in [9.17, 15) is 9.59 Å². The zero-order valence-corrected chi connectivity index (χ0v) is 15.0. The monoisotopic (exact) mass is 363 g/mol. The highest BCUT2D eigenvalue weighted by atomic mass is 16.2. The maximum absolute atomic E-state index is 13.0. The average Bonchev–Trinajstić information content (AvgIpc) is 3.45. The summed E-state index contributed by atoms with van der Waals surface area (Å²) in [5.41, 5.74) is 2.55. The Labute approximate surface area is 156 Å². The van der Waals surface area contributed by atoms with Crippen molar-refractivity contribution < 1.29 is 9.59 Å². The highest BCUT2D eigenvalue weighted by molar-refractivity contribution is 6.06. The quantitative estimate of drug-likeness (QED) is 0.777. The number of carbonyl (C=O) groups excluding carboxylic acids is 2. The maximum Gasteiger partial charge on any atom is 0.256 e. The number of hydrogen-bond donors (Lipinski definition) is 1. The summed E-state index contributed by atoms with van der Waals surface area (Å²) in [7, 11) is 0. The number of H-pyrrole nitrogens is 1. The highest BCUT2D eigenvalue weighted by Crippen LogP contribution is 2.28. The van der Waals surface area contributed by atoms with E-state index >= 15 is 0 Å². The fourth-order valence-electron chi connectivity index (χ4n) is 4.15. The van der Waals surface area contributed by atoms with Crippen molar-refractivity contribution in [3.63, 3.8) is 0 Å². The van der Waals surface area contributed by atoms with Crippen LogP contribution in [0.4, 0.5) is 5.69 Å². The van der Waals surface area contributed by atoms with Crippen LogP contribution in [0.2, 0.25) is 0 Å². The van der Waals surface area contributed by atoms with E-state index in [4.69, 9.17) is 0 Å². The van der Waals surface area contributed by atoms with Crippen molar-refractivity contribution >= 4 is 28.4 Å². The Hall–Kier alpha value is -3.09. The van der Waals surface area contributed by atoms with Gasteiger partial charge in [-0.1, -0.05) is 18.2 Å². The lowest BCUT2D eigenvalue weighted by molar-refractivity contribution is -0.117. The number of hydrogen-bond acceptors (Lipinski definition) is 3. The Kier molecular flexibility index (Phi) is 3.74. The van der Waals surface area contributed by atoms with Gasteiger partial charge in [-0.05, 0) is 18.9 Å². The molecule has 0 bridgehead atoms. The lowest BCUT2D eigenvalue weighted by Crippen LogP contribution is -2.29. The summed E-state index contributed by atoms with van der Waals surface area (Å²) in [6, 6.07) is 8.00. The first-order valence-corrected chi connectivity index (χ1v) is 9.40. The first-order chi connectivity index (χ1) is 13.2. The van der Waals surface area contributed by atoms with Crippen molar-refractivity contribution in [1.29, 1.82) is 0 Å². The molecule has 1 aromatic carbocycles. The van der Waals surface area contributed by atoms with Gasteiger partial charge in [0.25, 0.3) is 5.91 Å². The van der Waals surface area contributed by atoms with Gasteiger partial charge in [-0.3, -0.25) is 14.3 Å². The molecule has 2 amide bonds. The standard InChI is InChI=1S/C20H21N5O2/c26-19-6-3-8-24(19)15-10-22-25(13-15)14-7-9-23(12-14)20(27)17-11-21-18-5-2-1-4-16(17)18/h1-2,4-5,10-11,13-14,21H,3,6-9,12H2. The fourth-order valence-corrected chi connectivity index (χ4v) is 4.15. The molecule has 2 fully saturated rings. The number of nitrogens with zero attached hydrogens (tertiary/aromatic N) is 4. The molecule has 0 radical (unpaired) electrons. The molecule has 0 saturated carbocycles. The topological polar surface area (TPSA) is 74.2 Å². The number of benzene rings is 1. The molecule has 2 aliphatic rings. The second kappa shape index (κ2) is 6.26. The number of fused-ring (bicyclic) bond motifs is 1. The average molecular weight is 363 g/mol. The minimum Gasteiger partial charge on any atom is -0.360 e. The van der Waals surface area contributed by atoms with Crippen molar-refractivity contribution in [1.82, 2.24) is 19.7 Å². The number of aromatic amines is 1. The molecule has 7 nitrogen and oxygen atoms in total. The van der Waals surface area contributed by atoms with Gasteiger partial charge in [-0.25, -0.2) is 0 Å². The SMILES string of the molecule is O=C(c1c[nH]c2ccccc12)N1CCC(n2cc(N3CCCC3=O)cn2)C1. The predicted molar refractivity (Wildman–Crippen MR) is 102 cm³/mol. The molecule has 1 N–H and O–H groups in total. The molecule has 4 heterocycles. The van der Waals surface area contributed by atoms with Crippen LogP contribution >= 0.6 is 0 Å². The van der Waals surface area contributed by atoms with Gasteiger partial charge in [0.05, 0.1) is 23.5 Å². The molecule has 27 heavy (non-hydrogen) atoms. The number of anilines is 1. The molecular formula is C20H21N5O2. The predicted octanol–water partition coefficient (Wildman–Crippen LogP) is 2.58. The summed E-state index contributed by atoms with van der Waals surface area (Å²) < 4.78 is 1.91. The van der Waals surface area contributed by atoms with E-state index in [1.54, 1.807) is 17.3 Å². The number of likely N-dealkylation sites (tertiary alicyclic amines) is 1. The highest BCUT2D eigenvalue weighted by Gasteiger charge is 2.30. The third kappa shape index (κ3) is 2.70. The molecule has 5 rings (SSSR count). The van der Waals surface area contributed by atoms with E-state index < -0.39 is 0 Å². The van der Waals surface area contributed by atoms with Gasteiger partial charge in [0.1, 0.15) is 0 Å². The summed E-state index contributed by atoms with van der Waals surface area (Å²) >= 11 is 0. The smallest absolute Gasteiger partial charge is 0.256 e. The molecule has 2 aromatic heterocycles. The van der Waals surface area contributed by atoms with Crippen molar-refractivity contribution in [2.24, 2.45) is 0 Å². The zero-order valence-electron chi connectivity index (χ0n) is 15.0. The molecule has 0 spiro atoms. The third-order valence-corrected chi connectivity index (χ3v) is 5.62. The van der Waals surface area contributed by atoms with E-state index in [0.717, 1.165) is 41.5 Å². The zero-order chi connectivity index (χ0) is 18.4. The molecule has 2 aliphatic heterocycles. The van der Waals surface area contributed by atoms with Crippen LogP contribution < -0.4 is 4.90 Å². The first-order valence-electron chi connectivity index (χ1n) is 9.40. The lowest BCUT2D eigenvalue weighted by Gasteiger charge is -2.16. The van der Waals surface area contributed by atoms with Gasteiger partial charge in [-0.2, -0.15) is 5.10 Å². The van der Waals surface area contributed by atoms with Crippen LogP contribution in [0.3, 0.4) is 0 Å².